The molecule has 5 aromatic rings. The van der Waals surface area contributed by atoms with Crippen molar-refractivity contribution in [2.45, 2.75) is 63.7 Å². The van der Waals surface area contributed by atoms with E-state index in [1.54, 1.807) is 0 Å². The molecular weight excluding hydrogens is 665 g/mol. The molecule has 0 radical (unpaired) electrons. The molecule has 0 aliphatic rings. The van der Waals surface area contributed by atoms with Crippen molar-refractivity contribution in [2.75, 3.05) is 32.8 Å². The molecule has 0 amide bonds. The summed E-state index contributed by atoms with van der Waals surface area (Å²) in [5.41, 5.74) is 4.33. The Labute approximate surface area is 314 Å². The molecule has 280 valence electrons. The SMILES string of the molecule is C[C@H](Cc1ccc(C[C@@H](C)N(C[C@H](O)COc2ccccc2)C[C@H](O)COc2ccccc2)cc1)NC[C@H](O)c1ccc(OCc2ccccc2)cc1. The molecule has 53 heavy (non-hydrogen) atoms. The molecule has 0 fully saturated rings. The second-order valence-electron chi connectivity index (χ2n) is 13.8. The van der Waals surface area contributed by atoms with Gasteiger partial charge in [0.1, 0.15) is 49.3 Å². The minimum Gasteiger partial charge on any atom is -0.491 e. The van der Waals surface area contributed by atoms with Crippen LogP contribution in [0.5, 0.6) is 17.2 Å². The van der Waals surface area contributed by atoms with Crippen LogP contribution in [0.15, 0.2) is 140 Å². The molecule has 0 aliphatic carbocycles. The van der Waals surface area contributed by atoms with Crippen molar-refractivity contribution in [3.63, 3.8) is 0 Å². The number of aliphatic hydroxyl groups excluding tert-OH is 3. The Balaban J connectivity index is 1.08. The maximum absolute atomic E-state index is 10.9. The zero-order valence-corrected chi connectivity index (χ0v) is 30.8. The Morgan fingerprint density at radius 1 is 0.528 bits per heavy atom. The van der Waals surface area contributed by atoms with Crippen LogP contribution in [0.2, 0.25) is 0 Å². The van der Waals surface area contributed by atoms with Gasteiger partial charge in [0, 0.05) is 31.7 Å². The van der Waals surface area contributed by atoms with Gasteiger partial charge in [-0.05, 0) is 85.3 Å². The standard InChI is InChI=1S/C45H54N2O6/c1-34(46-28-45(50)39-22-24-44(25-23-39)51-31-38-12-6-3-7-13-38)26-36-18-20-37(21-19-36)27-35(2)47(29-40(48)32-52-42-14-8-4-9-15-42)30-41(49)33-53-43-16-10-5-11-17-43/h3-25,34-35,40-41,45-46,48-50H,26-33H2,1-2H3/t34-,35-,40+,41+,45+/m1/s1. The van der Waals surface area contributed by atoms with Gasteiger partial charge in [-0.1, -0.05) is 103 Å². The Kier molecular flexibility index (Phi) is 15.7. The predicted molar refractivity (Wildman–Crippen MR) is 210 cm³/mol. The van der Waals surface area contributed by atoms with E-state index in [2.05, 4.69) is 48.3 Å². The lowest BCUT2D eigenvalue weighted by atomic mass is 10.0. The third kappa shape index (κ3) is 14.0. The highest BCUT2D eigenvalue weighted by atomic mass is 16.5. The molecule has 4 N–H and O–H groups in total. The fourth-order valence-corrected chi connectivity index (χ4v) is 6.16. The molecule has 0 saturated heterocycles. The number of hydrogen-bond acceptors (Lipinski definition) is 8. The van der Waals surface area contributed by atoms with Crippen LogP contribution < -0.4 is 19.5 Å². The van der Waals surface area contributed by atoms with Gasteiger partial charge in [0.05, 0.1) is 6.10 Å². The van der Waals surface area contributed by atoms with Crippen LogP contribution in [0.4, 0.5) is 0 Å². The molecule has 5 aromatic carbocycles. The van der Waals surface area contributed by atoms with E-state index in [1.807, 2.05) is 115 Å². The van der Waals surface area contributed by atoms with Gasteiger partial charge in [0.15, 0.2) is 0 Å². The fourth-order valence-electron chi connectivity index (χ4n) is 6.16. The quantitative estimate of drug-likeness (QED) is 0.0633. The largest absolute Gasteiger partial charge is 0.491 e. The maximum atomic E-state index is 10.9. The molecule has 0 aromatic heterocycles. The van der Waals surface area contributed by atoms with Crippen molar-refractivity contribution in [3.05, 3.63) is 162 Å². The first-order valence-electron chi connectivity index (χ1n) is 18.5. The van der Waals surface area contributed by atoms with E-state index in [0.717, 1.165) is 29.7 Å². The van der Waals surface area contributed by atoms with Gasteiger partial charge in [-0.25, -0.2) is 0 Å². The first-order chi connectivity index (χ1) is 25.8. The summed E-state index contributed by atoms with van der Waals surface area (Å²) in [7, 11) is 0. The summed E-state index contributed by atoms with van der Waals surface area (Å²) in [5.74, 6) is 2.19. The second kappa shape index (κ2) is 21.1. The summed E-state index contributed by atoms with van der Waals surface area (Å²) in [5, 5.41) is 36.2. The van der Waals surface area contributed by atoms with Crippen molar-refractivity contribution in [1.29, 1.82) is 0 Å². The van der Waals surface area contributed by atoms with Crippen LogP contribution in [0.25, 0.3) is 0 Å². The third-order valence-corrected chi connectivity index (χ3v) is 9.15. The normalized spacial score (nSPS) is 14.2. The van der Waals surface area contributed by atoms with Gasteiger partial charge >= 0.3 is 0 Å². The average molecular weight is 719 g/mol. The van der Waals surface area contributed by atoms with Crippen molar-refractivity contribution in [1.82, 2.24) is 10.2 Å². The molecule has 0 bridgehead atoms. The van der Waals surface area contributed by atoms with E-state index < -0.39 is 18.3 Å². The van der Waals surface area contributed by atoms with Crippen molar-refractivity contribution in [3.8, 4) is 17.2 Å². The highest BCUT2D eigenvalue weighted by Crippen LogP contribution is 2.20. The van der Waals surface area contributed by atoms with Gasteiger partial charge in [-0.15, -0.1) is 0 Å². The van der Waals surface area contributed by atoms with Crippen LogP contribution in [0, 0.1) is 0 Å². The van der Waals surface area contributed by atoms with Gasteiger partial charge in [-0.3, -0.25) is 4.90 Å². The summed E-state index contributed by atoms with van der Waals surface area (Å²) < 4.78 is 17.5. The van der Waals surface area contributed by atoms with Crippen LogP contribution >= 0.6 is 0 Å². The summed E-state index contributed by atoms with van der Waals surface area (Å²) in [6, 6.07) is 45.4. The number of nitrogens with zero attached hydrogens (tertiary/aromatic N) is 1. The predicted octanol–water partition coefficient (Wildman–Crippen LogP) is 6.63. The van der Waals surface area contributed by atoms with Crippen LogP contribution in [-0.2, 0) is 19.4 Å². The van der Waals surface area contributed by atoms with Gasteiger partial charge in [-0.2, -0.15) is 0 Å². The van der Waals surface area contributed by atoms with E-state index in [9.17, 15) is 15.3 Å². The number of ether oxygens (including phenoxy) is 3. The van der Waals surface area contributed by atoms with Crippen LogP contribution in [-0.4, -0.2) is 77.4 Å². The van der Waals surface area contributed by atoms with E-state index in [4.69, 9.17) is 14.2 Å². The smallest absolute Gasteiger partial charge is 0.119 e. The lowest BCUT2D eigenvalue weighted by Gasteiger charge is -2.32. The van der Waals surface area contributed by atoms with Crippen molar-refractivity contribution >= 4 is 0 Å². The third-order valence-electron chi connectivity index (χ3n) is 9.15. The lowest BCUT2D eigenvalue weighted by Crippen LogP contribution is -2.46. The second-order valence-corrected chi connectivity index (χ2v) is 13.8. The van der Waals surface area contributed by atoms with E-state index in [1.165, 1.54) is 11.1 Å². The monoisotopic (exact) mass is 718 g/mol. The van der Waals surface area contributed by atoms with E-state index in [-0.39, 0.29) is 25.3 Å². The summed E-state index contributed by atoms with van der Waals surface area (Å²) in [6.07, 6.45) is -0.544. The minimum absolute atomic E-state index is 0.0326. The number of rotatable bonds is 22. The molecule has 8 heteroatoms. The molecular formula is C45H54N2O6. The Morgan fingerprint density at radius 3 is 1.53 bits per heavy atom. The first-order valence-corrected chi connectivity index (χ1v) is 18.5. The highest BCUT2D eigenvalue weighted by molar-refractivity contribution is 5.29. The summed E-state index contributed by atoms with van der Waals surface area (Å²) >= 11 is 0. The highest BCUT2D eigenvalue weighted by Gasteiger charge is 2.22. The minimum atomic E-state index is -0.743. The Hall–Kier alpha value is -4.70. The van der Waals surface area contributed by atoms with Crippen LogP contribution in [0.3, 0.4) is 0 Å². The number of nitrogens with one attached hydrogen (secondary N) is 1. The number of benzene rings is 5. The molecule has 0 heterocycles. The van der Waals surface area contributed by atoms with Crippen molar-refractivity contribution in [2.24, 2.45) is 0 Å². The molecule has 8 nitrogen and oxygen atoms in total. The van der Waals surface area contributed by atoms with Crippen molar-refractivity contribution < 1.29 is 29.5 Å². The van der Waals surface area contributed by atoms with E-state index in [0.29, 0.717) is 37.7 Å². The van der Waals surface area contributed by atoms with E-state index >= 15 is 0 Å². The van der Waals surface area contributed by atoms with Gasteiger partial charge < -0.3 is 34.8 Å². The fraction of sp³-hybridized carbons (Fsp3) is 0.333. The van der Waals surface area contributed by atoms with Gasteiger partial charge in [0.2, 0.25) is 0 Å². The zero-order chi connectivity index (χ0) is 37.3. The van der Waals surface area contributed by atoms with Gasteiger partial charge in [0.25, 0.3) is 0 Å². The van der Waals surface area contributed by atoms with Crippen LogP contribution in [0.1, 0.15) is 42.2 Å². The maximum Gasteiger partial charge on any atom is 0.119 e. The lowest BCUT2D eigenvalue weighted by molar-refractivity contribution is 0.0167. The first kappa shape index (κ1) is 39.5. The molecule has 5 rings (SSSR count). The summed E-state index contributed by atoms with van der Waals surface area (Å²) in [4.78, 5) is 2.11. The Morgan fingerprint density at radius 2 is 1.00 bits per heavy atom. The molecule has 0 unspecified atom stereocenters. The summed E-state index contributed by atoms with van der Waals surface area (Å²) in [6.45, 7) is 6.18. The molecule has 5 atom stereocenters. The number of aliphatic hydroxyl groups is 3. The topological polar surface area (TPSA) is 104 Å². The molecule has 0 aliphatic heterocycles. The zero-order valence-electron chi connectivity index (χ0n) is 30.8. The number of hydrogen-bond donors (Lipinski definition) is 4. The Bertz CT molecular complexity index is 1660. The molecule has 0 saturated carbocycles. The molecule has 0 spiro atoms. The number of para-hydroxylation sites is 2. The average Bonchev–Trinajstić information content (AvgIpc) is 3.19.